The second kappa shape index (κ2) is 8.12. The summed E-state index contributed by atoms with van der Waals surface area (Å²) in [7, 11) is 0. The molecule has 0 N–H and O–H groups in total. The first-order chi connectivity index (χ1) is 11.9. The Labute approximate surface area is 147 Å². The molecule has 0 bridgehead atoms. The van der Waals surface area contributed by atoms with Gasteiger partial charge in [-0.05, 0) is 74.5 Å². The van der Waals surface area contributed by atoms with Gasteiger partial charge in [-0.15, -0.1) is 0 Å². The van der Waals surface area contributed by atoms with Crippen molar-refractivity contribution < 1.29 is 22.0 Å². The molecule has 0 aromatic heterocycles. The summed E-state index contributed by atoms with van der Waals surface area (Å²) in [6.07, 6.45) is -1.08. The Balaban J connectivity index is 1.55. The summed E-state index contributed by atoms with van der Waals surface area (Å²) in [5, 5.41) is 0. The minimum Gasteiger partial charge on any atom is -0.247 e. The Kier molecular flexibility index (Phi) is 6.31. The van der Waals surface area contributed by atoms with Crippen molar-refractivity contribution in [2.75, 3.05) is 0 Å². The third-order valence-electron chi connectivity index (χ3n) is 7.38. The summed E-state index contributed by atoms with van der Waals surface area (Å²) in [6, 6.07) is 0. The van der Waals surface area contributed by atoms with Gasteiger partial charge in [0.25, 0.3) is 0 Å². The van der Waals surface area contributed by atoms with E-state index in [0.717, 1.165) is 12.3 Å². The molecule has 3 aliphatic carbocycles. The van der Waals surface area contributed by atoms with Crippen LogP contribution in [0.4, 0.5) is 22.0 Å². The van der Waals surface area contributed by atoms with Gasteiger partial charge in [0.05, 0.1) is 5.92 Å². The van der Waals surface area contributed by atoms with E-state index >= 15 is 0 Å². The first kappa shape index (κ1) is 19.4. The van der Waals surface area contributed by atoms with E-state index < -0.39 is 36.8 Å². The van der Waals surface area contributed by atoms with Crippen LogP contribution in [0, 0.1) is 35.5 Å². The highest BCUT2D eigenvalue weighted by molar-refractivity contribution is 4.95. The molecule has 0 amide bonds. The summed E-state index contributed by atoms with van der Waals surface area (Å²) in [4.78, 5) is 0. The van der Waals surface area contributed by atoms with Gasteiger partial charge < -0.3 is 0 Å². The normalized spacial score (nSPS) is 49.3. The molecule has 3 rings (SSSR count). The molecular formula is C20H31F5. The molecule has 5 atom stereocenters. The number of halogens is 5. The zero-order valence-corrected chi connectivity index (χ0v) is 15.0. The lowest BCUT2D eigenvalue weighted by molar-refractivity contribution is -0.0729. The maximum Gasteiger partial charge on any atom is 0.247 e. The number of hydrogen-bond donors (Lipinski definition) is 0. The van der Waals surface area contributed by atoms with Crippen molar-refractivity contribution in [2.24, 2.45) is 35.5 Å². The highest BCUT2D eigenvalue weighted by atomic mass is 19.3. The van der Waals surface area contributed by atoms with Gasteiger partial charge in [0.15, 0.2) is 0 Å². The van der Waals surface area contributed by atoms with Crippen molar-refractivity contribution in [3.8, 4) is 0 Å². The van der Waals surface area contributed by atoms with E-state index in [-0.39, 0.29) is 18.8 Å². The zero-order valence-electron chi connectivity index (χ0n) is 15.0. The monoisotopic (exact) mass is 366 g/mol. The molecule has 0 aliphatic heterocycles. The van der Waals surface area contributed by atoms with Crippen LogP contribution in [0.25, 0.3) is 0 Å². The van der Waals surface area contributed by atoms with Crippen molar-refractivity contribution >= 4 is 0 Å². The predicted molar refractivity (Wildman–Crippen MR) is 88.9 cm³/mol. The van der Waals surface area contributed by atoms with E-state index in [1.807, 2.05) is 0 Å². The molecule has 0 radical (unpaired) electrons. The van der Waals surface area contributed by atoms with Crippen LogP contribution in [-0.4, -0.2) is 24.9 Å². The Morgan fingerprint density at radius 2 is 1.16 bits per heavy atom. The molecular weight excluding hydrogens is 335 g/mol. The van der Waals surface area contributed by atoms with Crippen LogP contribution < -0.4 is 0 Å². The first-order valence-electron chi connectivity index (χ1n) is 10.1. The van der Waals surface area contributed by atoms with Gasteiger partial charge in [-0.3, -0.25) is 0 Å². The fraction of sp³-hybridized carbons (Fsp3) is 1.00. The van der Waals surface area contributed by atoms with Crippen molar-refractivity contribution in [2.45, 2.75) is 89.7 Å². The molecule has 0 spiro atoms. The fourth-order valence-electron chi connectivity index (χ4n) is 5.77. The summed E-state index contributed by atoms with van der Waals surface area (Å²) in [5.41, 5.74) is 0. The van der Waals surface area contributed by atoms with Crippen molar-refractivity contribution in [1.29, 1.82) is 0 Å². The van der Waals surface area contributed by atoms with Gasteiger partial charge in [-0.2, -0.15) is 0 Å². The molecule has 5 heteroatoms. The van der Waals surface area contributed by atoms with E-state index in [4.69, 9.17) is 0 Å². The lowest BCUT2D eigenvalue weighted by Gasteiger charge is -2.44. The van der Waals surface area contributed by atoms with Crippen LogP contribution in [0.2, 0.25) is 0 Å². The highest BCUT2D eigenvalue weighted by Crippen LogP contribution is 2.48. The average Bonchev–Trinajstić information content (AvgIpc) is 2.54. The quantitative estimate of drug-likeness (QED) is 0.498. The van der Waals surface area contributed by atoms with Crippen LogP contribution in [-0.2, 0) is 0 Å². The topological polar surface area (TPSA) is 0 Å². The Hall–Kier alpha value is -0.350. The first-order valence-corrected chi connectivity index (χ1v) is 10.1. The molecule has 3 saturated carbocycles. The summed E-state index contributed by atoms with van der Waals surface area (Å²) >= 11 is 0. The molecule has 0 aromatic rings. The van der Waals surface area contributed by atoms with Crippen LogP contribution >= 0.6 is 0 Å². The number of hydrogen-bond acceptors (Lipinski definition) is 0. The maximum absolute atomic E-state index is 14.8. The lowest BCUT2D eigenvalue weighted by atomic mass is 9.64. The van der Waals surface area contributed by atoms with Crippen molar-refractivity contribution in [3.05, 3.63) is 0 Å². The van der Waals surface area contributed by atoms with Crippen LogP contribution in [0.15, 0.2) is 0 Å². The van der Waals surface area contributed by atoms with Gasteiger partial charge >= 0.3 is 0 Å². The third-order valence-corrected chi connectivity index (χ3v) is 7.38. The van der Waals surface area contributed by atoms with Gasteiger partial charge in [0.1, 0.15) is 18.5 Å². The molecule has 0 nitrogen and oxygen atoms in total. The fourth-order valence-corrected chi connectivity index (χ4v) is 5.77. The predicted octanol–water partition coefficient (Wildman–Crippen LogP) is 6.53. The third kappa shape index (κ3) is 4.32. The molecule has 0 aromatic carbocycles. The molecule has 3 fully saturated rings. The Bertz CT molecular complexity index is 408. The second-order valence-corrected chi connectivity index (χ2v) is 8.95. The number of rotatable bonds is 3. The van der Waals surface area contributed by atoms with E-state index in [0.29, 0.717) is 24.7 Å². The summed E-state index contributed by atoms with van der Waals surface area (Å²) in [5.74, 6) is -0.862. The van der Waals surface area contributed by atoms with Crippen LogP contribution in [0.5, 0.6) is 0 Å². The summed E-state index contributed by atoms with van der Waals surface area (Å²) in [6.45, 7) is 2.27. The molecule has 25 heavy (non-hydrogen) atoms. The smallest absolute Gasteiger partial charge is 0.247 e. The lowest BCUT2D eigenvalue weighted by Crippen LogP contribution is -2.44. The van der Waals surface area contributed by atoms with Crippen molar-refractivity contribution in [3.63, 3.8) is 0 Å². The maximum atomic E-state index is 14.8. The average molecular weight is 366 g/mol. The van der Waals surface area contributed by atoms with Gasteiger partial charge in [-0.1, -0.05) is 19.8 Å². The number of alkyl halides is 5. The summed E-state index contributed by atoms with van der Waals surface area (Å²) < 4.78 is 68.5. The second-order valence-electron chi connectivity index (χ2n) is 8.95. The Morgan fingerprint density at radius 3 is 1.68 bits per heavy atom. The van der Waals surface area contributed by atoms with Crippen LogP contribution in [0.1, 0.15) is 64.7 Å². The molecule has 146 valence electrons. The molecule has 3 aliphatic rings. The Morgan fingerprint density at radius 1 is 0.640 bits per heavy atom. The van der Waals surface area contributed by atoms with Gasteiger partial charge in [-0.25, -0.2) is 22.0 Å². The van der Waals surface area contributed by atoms with E-state index in [1.165, 1.54) is 25.7 Å². The van der Waals surface area contributed by atoms with E-state index in [2.05, 4.69) is 6.92 Å². The van der Waals surface area contributed by atoms with Crippen LogP contribution in [0.3, 0.4) is 0 Å². The van der Waals surface area contributed by atoms with Gasteiger partial charge in [0.2, 0.25) is 6.43 Å². The standard InChI is InChI=1S/C20H31F5/c1-11-2-4-12(5-3-11)13-6-7-15(16(21)8-13)14-9-17(22)19(20(24)25)18(23)10-14/h11-20H,2-10H2,1H3. The SMILES string of the molecule is CC1CCC(C2CCC(C3CC(F)C(C(F)F)C(F)C3)C(F)C2)CC1. The molecule has 0 saturated heterocycles. The minimum absolute atomic E-state index is 0.105. The van der Waals surface area contributed by atoms with E-state index in [1.54, 1.807) is 0 Å². The molecule has 0 heterocycles. The largest absolute Gasteiger partial charge is 0.247 e. The van der Waals surface area contributed by atoms with Gasteiger partial charge in [0, 0.05) is 0 Å². The molecule has 5 unspecified atom stereocenters. The van der Waals surface area contributed by atoms with E-state index in [9.17, 15) is 22.0 Å². The highest BCUT2D eigenvalue weighted by Gasteiger charge is 2.48. The zero-order chi connectivity index (χ0) is 18.1. The minimum atomic E-state index is -2.98. The van der Waals surface area contributed by atoms with Crippen molar-refractivity contribution in [1.82, 2.24) is 0 Å².